The summed E-state index contributed by atoms with van der Waals surface area (Å²) in [6.07, 6.45) is 1.62. The van der Waals surface area contributed by atoms with Crippen LogP contribution in [0.5, 0.6) is 5.75 Å². The van der Waals surface area contributed by atoms with Gasteiger partial charge in [0.05, 0.1) is 23.9 Å². The lowest BCUT2D eigenvalue weighted by atomic mass is 10.2. The molecule has 0 radical (unpaired) electrons. The van der Waals surface area contributed by atoms with Gasteiger partial charge in [-0.15, -0.1) is 0 Å². The highest BCUT2D eigenvalue weighted by Gasteiger charge is 2.04. The molecule has 0 aliphatic rings. The number of non-ortho nitro benzene ring substituents is 1. The quantitative estimate of drug-likeness (QED) is 0.515. The smallest absolute Gasteiger partial charge is 0.271 e. The third-order valence-corrected chi connectivity index (χ3v) is 2.58. The van der Waals surface area contributed by atoms with Gasteiger partial charge < -0.3 is 4.74 Å². The van der Waals surface area contributed by atoms with Crippen molar-refractivity contribution in [1.29, 1.82) is 0 Å². The maximum atomic E-state index is 10.6. The van der Waals surface area contributed by atoms with Crippen LogP contribution in [-0.4, -0.2) is 18.2 Å². The van der Waals surface area contributed by atoms with E-state index >= 15 is 0 Å². The standard InChI is InChI=1S/C14H13N3O3/c1-20-14-7-5-11(6-8-14)10-15-16-12-3-2-4-13(9-12)17(18)19/h2-10,16H,1H3/b15-10+. The molecule has 0 atom stereocenters. The molecule has 0 aromatic heterocycles. The zero-order chi connectivity index (χ0) is 14.4. The molecular weight excluding hydrogens is 258 g/mol. The van der Waals surface area contributed by atoms with Gasteiger partial charge in [-0.25, -0.2) is 0 Å². The molecule has 0 aliphatic heterocycles. The summed E-state index contributed by atoms with van der Waals surface area (Å²) >= 11 is 0. The molecule has 0 aliphatic carbocycles. The van der Waals surface area contributed by atoms with Gasteiger partial charge in [0.1, 0.15) is 5.75 Å². The first-order chi connectivity index (χ1) is 9.69. The Bertz CT molecular complexity index is 624. The fourth-order valence-electron chi connectivity index (χ4n) is 1.56. The van der Waals surface area contributed by atoms with Crippen LogP contribution in [0.1, 0.15) is 5.56 Å². The van der Waals surface area contributed by atoms with Crippen LogP contribution in [-0.2, 0) is 0 Å². The van der Waals surface area contributed by atoms with E-state index in [0.29, 0.717) is 5.69 Å². The summed E-state index contributed by atoms with van der Waals surface area (Å²) in [6, 6.07) is 13.5. The molecule has 6 nitrogen and oxygen atoms in total. The van der Waals surface area contributed by atoms with Crippen molar-refractivity contribution in [2.24, 2.45) is 5.10 Å². The molecule has 6 heteroatoms. The normalized spacial score (nSPS) is 10.4. The zero-order valence-electron chi connectivity index (χ0n) is 10.8. The maximum Gasteiger partial charge on any atom is 0.271 e. The van der Waals surface area contributed by atoms with Crippen LogP contribution in [0.4, 0.5) is 11.4 Å². The molecule has 20 heavy (non-hydrogen) atoms. The largest absolute Gasteiger partial charge is 0.497 e. The Morgan fingerprint density at radius 2 is 2.00 bits per heavy atom. The highest BCUT2D eigenvalue weighted by atomic mass is 16.6. The monoisotopic (exact) mass is 271 g/mol. The zero-order valence-corrected chi connectivity index (χ0v) is 10.8. The minimum absolute atomic E-state index is 0.0228. The number of nitro groups is 1. The first kappa shape index (κ1) is 13.5. The summed E-state index contributed by atoms with van der Waals surface area (Å²) in [7, 11) is 1.60. The third-order valence-electron chi connectivity index (χ3n) is 2.58. The number of methoxy groups -OCH3 is 1. The Labute approximate surface area is 115 Å². The lowest BCUT2D eigenvalue weighted by Crippen LogP contribution is -1.93. The number of hydrazone groups is 1. The van der Waals surface area contributed by atoms with Crippen molar-refractivity contribution in [2.45, 2.75) is 0 Å². The van der Waals surface area contributed by atoms with Crippen molar-refractivity contribution >= 4 is 17.6 Å². The van der Waals surface area contributed by atoms with Crippen LogP contribution in [0.15, 0.2) is 53.6 Å². The number of nitrogens with zero attached hydrogens (tertiary/aromatic N) is 2. The van der Waals surface area contributed by atoms with Crippen molar-refractivity contribution in [2.75, 3.05) is 12.5 Å². The number of benzene rings is 2. The Morgan fingerprint density at radius 3 is 2.65 bits per heavy atom. The van der Waals surface area contributed by atoms with Gasteiger partial charge in [-0.05, 0) is 35.9 Å². The van der Waals surface area contributed by atoms with Gasteiger partial charge in [-0.1, -0.05) is 6.07 Å². The number of hydrogen-bond acceptors (Lipinski definition) is 5. The molecule has 2 rings (SSSR count). The van der Waals surface area contributed by atoms with Crippen LogP contribution in [0.2, 0.25) is 0 Å². The van der Waals surface area contributed by atoms with Gasteiger partial charge in [0, 0.05) is 12.1 Å². The van der Waals surface area contributed by atoms with Gasteiger partial charge in [-0.2, -0.15) is 5.10 Å². The van der Waals surface area contributed by atoms with Crippen LogP contribution < -0.4 is 10.2 Å². The summed E-state index contributed by atoms with van der Waals surface area (Å²) in [5, 5.41) is 14.7. The number of nitrogens with one attached hydrogen (secondary N) is 1. The molecule has 0 bridgehead atoms. The molecule has 0 unspecified atom stereocenters. The van der Waals surface area contributed by atoms with Crippen LogP contribution in [0, 0.1) is 10.1 Å². The molecule has 0 saturated heterocycles. The molecule has 2 aromatic carbocycles. The summed E-state index contributed by atoms with van der Waals surface area (Å²) in [5.41, 5.74) is 4.23. The summed E-state index contributed by atoms with van der Waals surface area (Å²) in [4.78, 5) is 10.2. The summed E-state index contributed by atoms with van der Waals surface area (Å²) in [6.45, 7) is 0. The molecule has 0 spiro atoms. The second-order valence-corrected chi connectivity index (χ2v) is 3.95. The van der Waals surface area contributed by atoms with E-state index in [1.165, 1.54) is 12.1 Å². The first-order valence-corrected chi connectivity index (χ1v) is 5.86. The summed E-state index contributed by atoms with van der Waals surface area (Å²) < 4.78 is 5.05. The molecule has 2 aromatic rings. The van der Waals surface area contributed by atoms with Gasteiger partial charge in [0.15, 0.2) is 0 Å². The van der Waals surface area contributed by atoms with Gasteiger partial charge in [-0.3, -0.25) is 15.5 Å². The predicted octanol–water partition coefficient (Wildman–Crippen LogP) is 3.05. The van der Waals surface area contributed by atoms with Gasteiger partial charge >= 0.3 is 0 Å². The fourth-order valence-corrected chi connectivity index (χ4v) is 1.56. The minimum atomic E-state index is -0.446. The van der Waals surface area contributed by atoms with Crippen LogP contribution in [0.3, 0.4) is 0 Å². The highest BCUT2D eigenvalue weighted by molar-refractivity contribution is 5.80. The van der Waals surface area contributed by atoms with E-state index in [1.54, 1.807) is 25.5 Å². The van der Waals surface area contributed by atoms with E-state index in [4.69, 9.17) is 4.74 Å². The van der Waals surface area contributed by atoms with E-state index < -0.39 is 4.92 Å². The molecular formula is C14H13N3O3. The van der Waals surface area contributed by atoms with E-state index in [0.717, 1.165) is 11.3 Å². The van der Waals surface area contributed by atoms with E-state index in [2.05, 4.69) is 10.5 Å². The Kier molecular flexibility index (Phi) is 4.28. The van der Waals surface area contributed by atoms with E-state index in [9.17, 15) is 10.1 Å². The van der Waals surface area contributed by atoms with Crippen molar-refractivity contribution in [3.63, 3.8) is 0 Å². The van der Waals surface area contributed by atoms with E-state index in [1.807, 2.05) is 24.3 Å². The lowest BCUT2D eigenvalue weighted by Gasteiger charge is -2.00. The first-order valence-electron chi connectivity index (χ1n) is 5.86. The third kappa shape index (κ3) is 3.55. The Balaban J connectivity index is 2.02. The topological polar surface area (TPSA) is 76.8 Å². The predicted molar refractivity (Wildman–Crippen MR) is 77.3 cm³/mol. The Morgan fingerprint density at radius 1 is 1.25 bits per heavy atom. The average Bonchev–Trinajstić information content (AvgIpc) is 2.48. The molecule has 102 valence electrons. The van der Waals surface area contributed by atoms with Gasteiger partial charge in [0.25, 0.3) is 5.69 Å². The molecule has 0 fully saturated rings. The Hall–Kier alpha value is -2.89. The average molecular weight is 271 g/mol. The van der Waals surface area contributed by atoms with Crippen molar-refractivity contribution in [3.8, 4) is 5.75 Å². The van der Waals surface area contributed by atoms with Crippen LogP contribution >= 0.6 is 0 Å². The molecule has 0 saturated carbocycles. The molecule has 1 N–H and O–H groups in total. The molecule has 0 heterocycles. The SMILES string of the molecule is COc1ccc(/C=N/Nc2cccc([N+](=O)[O-])c2)cc1. The number of nitro benzene ring substituents is 1. The number of anilines is 1. The maximum absolute atomic E-state index is 10.6. The second kappa shape index (κ2) is 6.33. The summed E-state index contributed by atoms with van der Waals surface area (Å²) in [5.74, 6) is 0.772. The fraction of sp³-hybridized carbons (Fsp3) is 0.0714. The van der Waals surface area contributed by atoms with Gasteiger partial charge in [0.2, 0.25) is 0 Å². The second-order valence-electron chi connectivity index (χ2n) is 3.95. The molecule has 0 amide bonds. The van der Waals surface area contributed by atoms with Crippen molar-refractivity contribution < 1.29 is 9.66 Å². The number of hydrogen-bond donors (Lipinski definition) is 1. The minimum Gasteiger partial charge on any atom is -0.497 e. The number of ether oxygens (including phenoxy) is 1. The van der Waals surface area contributed by atoms with E-state index in [-0.39, 0.29) is 5.69 Å². The highest BCUT2D eigenvalue weighted by Crippen LogP contribution is 2.17. The lowest BCUT2D eigenvalue weighted by molar-refractivity contribution is -0.384. The van der Waals surface area contributed by atoms with Crippen molar-refractivity contribution in [3.05, 3.63) is 64.2 Å². The van der Waals surface area contributed by atoms with Crippen LogP contribution in [0.25, 0.3) is 0 Å². The number of rotatable bonds is 5. The van der Waals surface area contributed by atoms with Crippen molar-refractivity contribution in [1.82, 2.24) is 0 Å².